The third kappa shape index (κ3) is 4.76. The van der Waals surface area contributed by atoms with Gasteiger partial charge >= 0.3 is 0 Å². The standard InChI is InChI=1S/C18H18ClNO3/c1-22-16-8-4-6-14(18(16)23-2)9-10-17(21)20-12-13-5-3-7-15(19)11-13/h3-11H,12H2,1-2H3,(H,20,21)/b10-9+. The Morgan fingerprint density at radius 2 is 1.96 bits per heavy atom. The van der Waals surface area contributed by atoms with E-state index in [-0.39, 0.29) is 5.91 Å². The molecule has 0 spiro atoms. The van der Waals surface area contributed by atoms with E-state index in [4.69, 9.17) is 21.1 Å². The second kappa shape index (κ2) is 8.25. The van der Waals surface area contributed by atoms with Gasteiger partial charge in [-0.1, -0.05) is 35.9 Å². The summed E-state index contributed by atoms with van der Waals surface area (Å²) in [6.07, 6.45) is 3.15. The number of ether oxygens (including phenoxy) is 2. The van der Waals surface area contributed by atoms with Crippen molar-refractivity contribution < 1.29 is 14.3 Å². The third-order valence-corrected chi connectivity index (χ3v) is 3.44. The Morgan fingerprint density at radius 3 is 2.65 bits per heavy atom. The van der Waals surface area contributed by atoms with Crippen LogP contribution in [0, 0.1) is 0 Å². The largest absolute Gasteiger partial charge is 0.493 e. The second-order valence-corrected chi connectivity index (χ2v) is 5.20. The molecular weight excluding hydrogens is 314 g/mol. The summed E-state index contributed by atoms with van der Waals surface area (Å²) in [6.45, 7) is 0.416. The first-order valence-electron chi connectivity index (χ1n) is 7.05. The molecule has 0 aromatic heterocycles. The summed E-state index contributed by atoms with van der Waals surface area (Å²) < 4.78 is 10.5. The van der Waals surface area contributed by atoms with Gasteiger partial charge in [-0.05, 0) is 29.8 Å². The number of rotatable bonds is 6. The van der Waals surface area contributed by atoms with Crippen molar-refractivity contribution in [2.24, 2.45) is 0 Å². The van der Waals surface area contributed by atoms with Crippen LogP contribution in [0.3, 0.4) is 0 Å². The van der Waals surface area contributed by atoms with E-state index in [2.05, 4.69) is 5.32 Å². The van der Waals surface area contributed by atoms with Gasteiger partial charge in [0.2, 0.25) is 5.91 Å². The molecule has 0 radical (unpaired) electrons. The first-order chi connectivity index (χ1) is 11.1. The zero-order valence-corrected chi connectivity index (χ0v) is 13.8. The molecule has 1 amide bonds. The Balaban J connectivity index is 2.01. The molecule has 0 aliphatic heterocycles. The minimum Gasteiger partial charge on any atom is -0.493 e. The van der Waals surface area contributed by atoms with Crippen LogP contribution in [0.1, 0.15) is 11.1 Å². The molecule has 2 aromatic carbocycles. The van der Waals surface area contributed by atoms with Gasteiger partial charge in [0.15, 0.2) is 11.5 Å². The number of para-hydroxylation sites is 1. The van der Waals surface area contributed by atoms with Gasteiger partial charge in [-0.15, -0.1) is 0 Å². The van der Waals surface area contributed by atoms with Gasteiger partial charge < -0.3 is 14.8 Å². The van der Waals surface area contributed by atoms with E-state index in [9.17, 15) is 4.79 Å². The number of methoxy groups -OCH3 is 2. The van der Waals surface area contributed by atoms with Crippen molar-refractivity contribution >= 4 is 23.6 Å². The smallest absolute Gasteiger partial charge is 0.244 e. The molecule has 0 aliphatic carbocycles. The molecule has 1 N–H and O–H groups in total. The third-order valence-electron chi connectivity index (χ3n) is 3.20. The minimum atomic E-state index is -0.199. The predicted octanol–water partition coefficient (Wildman–Crippen LogP) is 3.69. The zero-order chi connectivity index (χ0) is 16.7. The van der Waals surface area contributed by atoms with E-state index >= 15 is 0 Å². The number of amides is 1. The second-order valence-electron chi connectivity index (χ2n) is 4.76. The molecule has 120 valence electrons. The lowest BCUT2D eigenvalue weighted by Gasteiger charge is -2.09. The van der Waals surface area contributed by atoms with Crippen LogP contribution in [0.4, 0.5) is 0 Å². The van der Waals surface area contributed by atoms with Crippen LogP contribution in [0.15, 0.2) is 48.5 Å². The molecule has 0 saturated heterocycles. The van der Waals surface area contributed by atoms with E-state index in [1.807, 2.05) is 30.3 Å². The molecule has 4 nitrogen and oxygen atoms in total. The highest BCUT2D eigenvalue weighted by atomic mass is 35.5. The van der Waals surface area contributed by atoms with Crippen molar-refractivity contribution in [2.75, 3.05) is 14.2 Å². The van der Waals surface area contributed by atoms with Gasteiger partial charge in [-0.3, -0.25) is 4.79 Å². The molecule has 2 aromatic rings. The lowest BCUT2D eigenvalue weighted by atomic mass is 10.1. The fraction of sp³-hybridized carbons (Fsp3) is 0.167. The molecule has 0 atom stereocenters. The van der Waals surface area contributed by atoms with Crippen molar-refractivity contribution in [1.29, 1.82) is 0 Å². The fourth-order valence-corrected chi connectivity index (χ4v) is 2.32. The van der Waals surface area contributed by atoms with Crippen molar-refractivity contribution in [3.63, 3.8) is 0 Å². The molecule has 5 heteroatoms. The zero-order valence-electron chi connectivity index (χ0n) is 13.0. The number of hydrogen-bond donors (Lipinski definition) is 1. The summed E-state index contributed by atoms with van der Waals surface area (Å²) >= 11 is 5.91. The van der Waals surface area contributed by atoms with E-state index in [0.717, 1.165) is 11.1 Å². The molecule has 0 heterocycles. The van der Waals surface area contributed by atoms with Crippen molar-refractivity contribution in [1.82, 2.24) is 5.32 Å². The van der Waals surface area contributed by atoms with Crippen LogP contribution in [0.25, 0.3) is 6.08 Å². The van der Waals surface area contributed by atoms with Gasteiger partial charge in [0.05, 0.1) is 14.2 Å². The first kappa shape index (κ1) is 16.9. The SMILES string of the molecule is COc1cccc(/C=C/C(=O)NCc2cccc(Cl)c2)c1OC. The van der Waals surface area contributed by atoms with E-state index in [1.54, 1.807) is 32.4 Å². The Bertz CT molecular complexity index is 713. The maximum Gasteiger partial charge on any atom is 0.244 e. The molecule has 0 aliphatic rings. The van der Waals surface area contributed by atoms with Crippen molar-refractivity contribution in [3.05, 3.63) is 64.7 Å². The Hall–Kier alpha value is -2.46. The number of hydrogen-bond acceptors (Lipinski definition) is 3. The molecular formula is C18H18ClNO3. The maximum atomic E-state index is 11.9. The van der Waals surface area contributed by atoms with E-state index < -0.39 is 0 Å². The van der Waals surface area contributed by atoms with Gasteiger partial charge in [0.1, 0.15) is 0 Å². The summed E-state index contributed by atoms with van der Waals surface area (Å²) in [6, 6.07) is 12.8. The van der Waals surface area contributed by atoms with Crippen LogP contribution >= 0.6 is 11.6 Å². The number of nitrogens with one attached hydrogen (secondary N) is 1. The molecule has 23 heavy (non-hydrogen) atoms. The number of halogens is 1. The molecule has 2 rings (SSSR count). The summed E-state index contributed by atoms with van der Waals surface area (Å²) in [5, 5.41) is 3.45. The normalized spacial score (nSPS) is 10.6. The predicted molar refractivity (Wildman–Crippen MR) is 91.9 cm³/mol. The van der Waals surface area contributed by atoms with Crippen LogP contribution in [0.5, 0.6) is 11.5 Å². The van der Waals surface area contributed by atoms with Gasteiger partial charge in [-0.25, -0.2) is 0 Å². The first-order valence-corrected chi connectivity index (χ1v) is 7.43. The van der Waals surface area contributed by atoms with Gasteiger partial charge in [-0.2, -0.15) is 0 Å². The summed E-state index contributed by atoms with van der Waals surface area (Å²) in [4.78, 5) is 11.9. The molecule has 0 fully saturated rings. The van der Waals surface area contributed by atoms with Crippen LogP contribution in [-0.2, 0) is 11.3 Å². The monoisotopic (exact) mass is 331 g/mol. The Morgan fingerprint density at radius 1 is 1.17 bits per heavy atom. The Labute approximate surface area is 140 Å². The average molecular weight is 332 g/mol. The fourth-order valence-electron chi connectivity index (χ4n) is 2.10. The number of carbonyl (C=O) groups is 1. The van der Waals surface area contributed by atoms with Crippen LogP contribution in [0.2, 0.25) is 5.02 Å². The lowest BCUT2D eigenvalue weighted by molar-refractivity contribution is -0.116. The highest BCUT2D eigenvalue weighted by Crippen LogP contribution is 2.31. The molecule has 0 unspecified atom stereocenters. The average Bonchev–Trinajstić information content (AvgIpc) is 2.57. The topological polar surface area (TPSA) is 47.6 Å². The molecule has 0 bridgehead atoms. The quantitative estimate of drug-likeness (QED) is 0.821. The van der Waals surface area contributed by atoms with Gasteiger partial charge in [0, 0.05) is 23.2 Å². The summed E-state index contributed by atoms with van der Waals surface area (Å²) in [7, 11) is 3.14. The highest BCUT2D eigenvalue weighted by molar-refractivity contribution is 6.30. The van der Waals surface area contributed by atoms with E-state index in [0.29, 0.717) is 23.1 Å². The van der Waals surface area contributed by atoms with Crippen LogP contribution in [-0.4, -0.2) is 20.1 Å². The summed E-state index contributed by atoms with van der Waals surface area (Å²) in [5.74, 6) is 1.01. The lowest BCUT2D eigenvalue weighted by Crippen LogP contribution is -2.20. The van der Waals surface area contributed by atoms with Crippen LogP contribution < -0.4 is 14.8 Å². The van der Waals surface area contributed by atoms with Gasteiger partial charge in [0.25, 0.3) is 0 Å². The van der Waals surface area contributed by atoms with Crippen molar-refractivity contribution in [3.8, 4) is 11.5 Å². The molecule has 0 saturated carbocycles. The maximum absolute atomic E-state index is 11.9. The van der Waals surface area contributed by atoms with E-state index in [1.165, 1.54) is 6.08 Å². The minimum absolute atomic E-state index is 0.199. The number of carbonyl (C=O) groups excluding carboxylic acids is 1. The Kier molecular flexibility index (Phi) is 6.06. The highest BCUT2D eigenvalue weighted by Gasteiger charge is 2.07. The van der Waals surface area contributed by atoms with Crippen molar-refractivity contribution in [2.45, 2.75) is 6.54 Å². The number of benzene rings is 2. The summed E-state index contributed by atoms with van der Waals surface area (Å²) in [5.41, 5.74) is 1.71.